The predicted molar refractivity (Wildman–Crippen MR) is 87.9 cm³/mol. The summed E-state index contributed by atoms with van der Waals surface area (Å²) in [7, 11) is 0. The first-order chi connectivity index (χ1) is 9.47. The summed E-state index contributed by atoms with van der Waals surface area (Å²) in [6, 6.07) is 10.3. The van der Waals surface area contributed by atoms with Crippen molar-refractivity contribution >= 4 is 18.7 Å². The minimum atomic E-state index is -0.0292. The number of amides is 2. The van der Waals surface area contributed by atoms with Gasteiger partial charge in [-0.05, 0) is 32.8 Å². The van der Waals surface area contributed by atoms with Crippen molar-refractivity contribution in [2.75, 3.05) is 13.1 Å². The van der Waals surface area contributed by atoms with Gasteiger partial charge in [0.05, 0.1) is 5.03 Å². The van der Waals surface area contributed by atoms with E-state index < -0.39 is 0 Å². The highest BCUT2D eigenvalue weighted by molar-refractivity contribution is 7.84. The number of hydrogen-bond acceptors (Lipinski definition) is 2. The van der Waals surface area contributed by atoms with E-state index in [2.05, 4.69) is 31.3 Å². The first-order valence-corrected chi connectivity index (χ1v) is 7.42. The largest absolute Gasteiger partial charge is 0.325 e. The molecule has 2 amide bonds. The number of thiol groups is 1. The number of urea groups is 1. The molecule has 0 N–H and O–H groups in total. The minimum absolute atomic E-state index is 0.0292. The van der Waals surface area contributed by atoms with Gasteiger partial charge in [0.1, 0.15) is 0 Å². The van der Waals surface area contributed by atoms with Crippen LogP contribution in [0.3, 0.4) is 0 Å². The molecule has 0 spiro atoms. The number of nitrogens with zero attached hydrogens (tertiary/aromatic N) is 2. The molecular formula is C16H24N2OS. The van der Waals surface area contributed by atoms with Gasteiger partial charge >= 0.3 is 6.03 Å². The Labute approximate surface area is 127 Å². The number of carbonyl (C=O) groups excluding carboxylic acids is 1. The lowest BCUT2D eigenvalue weighted by Gasteiger charge is -2.32. The molecule has 0 bridgehead atoms. The van der Waals surface area contributed by atoms with Gasteiger partial charge in [0.15, 0.2) is 0 Å². The standard InChI is InChI=1S/C16H24N2OS/c1-5-17(13(2)3)16(19)18(14(4)20)12-11-15-9-7-6-8-10-15/h6-10,13,20H,4-5,11-12H2,1-3H3. The summed E-state index contributed by atoms with van der Waals surface area (Å²) in [4.78, 5) is 16.0. The van der Waals surface area contributed by atoms with Crippen LogP contribution < -0.4 is 0 Å². The number of rotatable bonds is 6. The molecule has 3 nitrogen and oxygen atoms in total. The summed E-state index contributed by atoms with van der Waals surface area (Å²) in [6.45, 7) is 11.1. The lowest BCUT2D eigenvalue weighted by atomic mass is 10.1. The van der Waals surface area contributed by atoms with Crippen LogP contribution in [0.25, 0.3) is 0 Å². The second kappa shape index (κ2) is 8.00. The first kappa shape index (κ1) is 16.6. The Morgan fingerprint density at radius 1 is 1.30 bits per heavy atom. The monoisotopic (exact) mass is 292 g/mol. The van der Waals surface area contributed by atoms with Crippen molar-refractivity contribution in [2.24, 2.45) is 0 Å². The molecule has 0 aromatic heterocycles. The average molecular weight is 292 g/mol. The molecule has 0 radical (unpaired) electrons. The van der Waals surface area contributed by atoms with Gasteiger partial charge in [0.25, 0.3) is 0 Å². The normalized spacial score (nSPS) is 10.4. The van der Waals surface area contributed by atoms with Gasteiger partial charge in [-0.1, -0.05) is 36.9 Å². The van der Waals surface area contributed by atoms with E-state index in [-0.39, 0.29) is 12.1 Å². The fourth-order valence-electron chi connectivity index (χ4n) is 2.10. The highest BCUT2D eigenvalue weighted by Crippen LogP contribution is 2.14. The lowest BCUT2D eigenvalue weighted by molar-refractivity contribution is 0.158. The molecule has 0 aliphatic carbocycles. The predicted octanol–water partition coefficient (Wildman–Crippen LogP) is 3.78. The molecule has 0 aliphatic heterocycles. The van der Waals surface area contributed by atoms with Gasteiger partial charge in [0, 0.05) is 19.1 Å². The summed E-state index contributed by atoms with van der Waals surface area (Å²) in [5.74, 6) is 0. The topological polar surface area (TPSA) is 23.6 Å². The third kappa shape index (κ3) is 4.60. The smallest absolute Gasteiger partial charge is 0.322 e. The summed E-state index contributed by atoms with van der Waals surface area (Å²) < 4.78 is 0. The van der Waals surface area contributed by atoms with Crippen LogP contribution >= 0.6 is 12.6 Å². The van der Waals surface area contributed by atoms with Gasteiger partial charge in [0.2, 0.25) is 0 Å². The zero-order valence-electron chi connectivity index (χ0n) is 12.5. The lowest BCUT2D eigenvalue weighted by Crippen LogP contribution is -2.45. The van der Waals surface area contributed by atoms with E-state index in [0.717, 1.165) is 6.42 Å². The average Bonchev–Trinajstić information content (AvgIpc) is 2.40. The highest BCUT2D eigenvalue weighted by atomic mass is 32.1. The molecule has 1 aromatic rings. The number of benzene rings is 1. The maximum atomic E-state index is 12.5. The highest BCUT2D eigenvalue weighted by Gasteiger charge is 2.22. The van der Waals surface area contributed by atoms with E-state index in [1.54, 1.807) is 4.90 Å². The van der Waals surface area contributed by atoms with Crippen LogP contribution in [0, 0.1) is 0 Å². The van der Waals surface area contributed by atoms with Crippen molar-refractivity contribution < 1.29 is 4.79 Å². The molecule has 0 saturated heterocycles. The van der Waals surface area contributed by atoms with E-state index in [0.29, 0.717) is 18.1 Å². The van der Waals surface area contributed by atoms with Crippen LogP contribution in [0.2, 0.25) is 0 Å². The van der Waals surface area contributed by atoms with Gasteiger partial charge < -0.3 is 4.90 Å². The molecule has 0 saturated carbocycles. The molecule has 0 unspecified atom stereocenters. The van der Waals surface area contributed by atoms with Gasteiger partial charge in [-0.2, -0.15) is 0 Å². The van der Waals surface area contributed by atoms with Crippen molar-refractivity contribution in [3.8, 4) is 0 Å². The van der Waals surface area contributed by atoms with Gasteiger partial charge in [-0.25, -0.2) is 4.79 Å². The molecule has 0 aliphatic rings. The Balaban J connectivity index is 2.74. The van der Waals surface area contributed by atoms with E-state index >= 15 is 0 Å². The molecule has 1 aromatic carbocycles. The molecule has 0 atom stereocenters. The van der Waals surface area contributed by atoms with Crippen molar-refractivity contribution in [3.05, 3.63) is 47.5 Å². The molecule has 4 heteroatoms. The second-order valence-corrected chi connectivity index (χ2v) is 5.48. The van der Waals surface area contributed by atoms with E-state index in [9.17, 15) is 4.79 Å². The van der Waals surface area contributed by atoms with Gasteiger partial charge in [-0.15, -0.1) is 12.6 Å². The Morgan fingerprint density at radius 2 is 1.90 bits per heavy atom. The van der Waals surface area contributed by atoms with Crippen LogP contribution in [0.15, 0.2) is 41.9 Å². The maximum Gasteiger partial charge on any atom is 0.325 e. The summed E-state index contributed by atoms with van der Waals surface area (Å²) in [6.07, 6.45) is 0.793. The fourth-order valence-corrected chi connectivity index (χ4v) is 2.28. The fraction of sp³-hybridized carbons (Fsp3) is 0.438. The van der Waals surface area contributed by atoms with E-state index in [4.69, 9.17) is 0 Å². The molecule has 1 rings (SSSR count). The molecule has 110 valence electrons. The van der Waals surface area contributed by atoms with Crippen LogP contribution in [0.1, 0.15) is 26.3 Å². The Kier molecular flexibility index (Phi) is 6.65. The Bertz CT molecular complexity index is 445. The molecule has 0 heterocycles. The number of hydrogen-bond donors (Lipinski definition) is 1. The molecular weight excluding hydrogens is 268 g/mol. The second-order valence-electron chi connectivity index (χ2n) is 4.97. The van der Waals surface area contributed by atoms with Crippen LogP contribution in [-0.2, 0) is 6.42 Å². The minimum Gasteiger partial charge on any atom is -0.322 e. The van der Waals surface area contributed by atoms with E-state index in [1.165, 1.54) is 5.56 Å². The summed E-state index contributed by atoms with van der Waals surface area (Å²) in [5, 5.41) is 0.491. The van der Waals surface area contributed by atoms with Crippen molar-refractivity contribution in [1.29, 1.82) is 0 Å². The zero-order chi connectivity index (χ0) is 15.1. The quantitative estimate of drug-likeness (QED) is 0.792. The van der Waals surface area contributed by atoms with Gasteiger partial charge in [-0.3, -0.25) is 4.90 Å². The SMILES string of the molecule is C=C(S)N(CCc1ccccc1)C(=O)N(CC)C(C)C. The Morgan fingerprint density at radius 3 is 2.35 bits per heavy atom. The van der Waals surface area contributed by atoms with E-state index in [1.807, 2.05) is 43.9 Å². The third-order valence-electron chi connectivity index (χ3n) is 3.22. The number of carbonyl (C=O) groups is 1. The van der Waals surface area contributed by atoms with Crippen molar-refractivity contribution in [3.63, 3.8) is 0 Å². The first-order valence-electron chi connectivity index (χ1n) is 6.97. The summed E-state index contributed by atoms with van der Waals surface area (Å²) >= 11 is 4.26. The van der Waals surface area contributed by atoms with Crippen LogP contribution in [-0.4, -0.2) is 35.0 Å². The Hall–Kier alpha value is -1.42. The van der Waals surface area contributed by atoms with Crippen molar-refractivity contribution in [1.82, 2.24) is 9.80 Å². The van der Waals surface area contributed by atoms with Crippen LogP contribution in [0.4, 0.5) is 4.79 Å². The molecule has 0 fully saturated rings. The maximum absolute atomic E-state index is 12.5. The molecule has 20 heavy (non-hydrogen) atoms. The third-order valence-corrected chi connectivity index (χ3v) is 3.46. The van der Waals surface area contributed by atoms with Crippen molar-refractivity contribution in [2.45, 2.75) is 33.2 Å². The summed E-state index contributed by atoms with van der Waals surface area (Å²) in [5.41, 5.74) is 1.20. The van der Waals surface area contributed by atoms with Crippen LogP contribution in [0.5, 0.6) is 0 Å². The zero-order valence-corrected chi connectivity index (χ0v) is 13.4.